The number of allylic oxidation sites excluding steroid dienone is 1. The maximum Gasteiger partial charge on any atom is 0.154 e. The van der Waals surface area contributed by atoms with E-state index >= 15 is 0 Å². The highest BCUT2D eigenvalue weighted by atomic mass is 16.3. The standard InChI is InChI=1S/C20H22N4O/c1-2-9-23(10-11-25)20-8-7-19-21-14-18(24(19)22-20)17-12-15-5-3-4-6-16(15)13-17/h3-8,12,14,25H,2,9-11,13H2,1H3. The number of imidazole rings is 1. The lowest BCUT2D eigenvalue weighted by Gasteiger charge is -2.22. The van der Waals surface area contributed by atoms with Crippen LogP contribution in [0.15, 0.2) is 42.6 Å². The Hall–Kier alpha value is -2.66. The maximum absolute atomic E-state index is 9.33. The van der Waals surface area contributed by atoms with Crippen LogP contribution >= 0.6 is 0 Å². The van der Waals surface area contributed by atoms with Crippen LogP contribution < -0.4 is 4.90 Å². The predicted molar refractivity (Wildman–Crippen MR) is 101 cm³/mol. The first-order valence-corrected chi connectivity index (χ1v) is 8.79. The number of aromatic nitrogens is 3. The molecule has 0 radical (unpaired) electrons. The number of fused-ring (bicyclic) bond motifs is 2. The topological polar surface area (TPSA) is 53.7 Å². The van der Waals surface area contributed by atoms with Gasteiger partial charge in [0.25, 0.3) is 0 Å². The zero-order valence-electron chi connectivity index (χ0n) is 14.4. The van der Waals surface area contributed by atoms with Gasteiger partial charge in [-0.25, -0.2) is 9.50 Å². The van der Waals surface area contributed by atoms with Crippen LogP contribution in [0.2, 0.25) is 0 Å². The van der Waals surface area contributed by atoms with E-state index in [1.807, 2.05) is 22.8 Å². The van der Waals surface area contributed by atoms with Gasteiger partial charge in [0.1, 0.15) is 5.82 Å². The van der Waals surface area contributed by atoms with Gasteiger partial charge in [-0.3, -0.25) is 0 Å². The summed E-state index contributed by atoms with van der Waals surface area (Å²) in [6, 6.07) is 12.4. The smallest absolute Gasteiger partial charge is 0.154 e. The molecule has 0 fully saturated rings. The highest BCUT2D eigenvalue weighted by Crippen LogP contribution is 2.31. The number of benzene rings is 1. The van der Waals surface area contributed by atoms with E-state index in [0.717, 1.165) is 36.5 Å². The maximum atomic E-state index is 9.33. The molecular formula is C20H22N4O. The highest BCUT2D eigenvalue weighted by molar-refractivity contribution is 5.87. The van der Waals surface area contributed by atoms with Crippen LogP contribution in [0.25, 0.3) is 17.3 Å². The molecule has 2 aromatic heterocycles. The van der Waals surface area contributed by atoms with Gasteiger partial charge in [0, 0.05) is 19.5 Å². The van der Waals surface area contributed by atoms with Crippen molar-refractivity contribution in [3.63, 3.8) is 0 Å². The average Bonchev–Trinajstić information content (AvgIpc) is 3.24. The summed E-state index contributed by atoms with van der Waals surface area (Å²) in [6.07, 6.45) is 6.05. The van der Waals surface area contributed by atoms with Crippen LogP contribution in [0, 0.1) is 0 Å². The minimum atomic E-state index is 0.122. The van der Waals surface area contributed by atoms with E-state index in [0.29, 0.717) is 6.54 Å². The summed E-state index contributed by atoms with van der Waals surface area (Å²) >= 11 is 0. The van der Waals surface area contributed by atoms with Crippen molar-refractivity contribution in [2.24, 2.45) is 0 Å². The third kappa shape index (κ3) is 2.91. The van der Waals surface area contributed by atoms with Gasteiger partial charge in [-0.05, 0) is 41.3 Å². The molecule has 1 aliphatic carbocycles. The average molecular weight is 334 g/mol. The molecule has 2 heterocycles. The molecule has 5 heteroatoms. The van der Waals surface area contributed by atoms with Gasteiger partial charge in [-0.2, -0.15) is 0 Å². The summed E-state index contributed by atoms with van der Waals surface area (Å²) in [5.74, 6) is 0.874. The third-order valence-corrected chi connectivity index (χ3v) is 4.63. The number of anilines is 1. The lowest BCUT2D eigenvalue weighted by molar-refractivity contribution is 0.301. The third-order valence-electron chi connectivity index (χ3n) is 4.63. The summed E-state index contributed by atoms with van der Waals surface area (Å²) in [7, 11) is 0. The van der Waals surface area contributed by atoms with Crippen LogP contribution in [-0.2, 0) is 6.42 Å². The van der Waals surface area contributed by atoms with Gasteiger partial charge in [0.2, 0.25) is 0 Å². The lowest BCUT2D eigenvalue weighted by Crippen LogP contribution is -2.28. The SMILES string of the molecule is CCCN(CCO)c1ccc2ncc(C3=Cc4ccccc4C3)n2n1. The van der Waals surface area contributed by atoms with Crippen molar-refractivity contribution in [3.8, 4) is 0 Å². The molecular weight excluding hydrogens is 312 g/mol. The van der Waals surface area contributed by atoms with Crippen LogP contribution in [0.1, 0.15) is 30.2 Å². The molecule has 4 rings (SSSR count). The van der Waals surface area contributed by atoms with Crippen molar-refractivity contribution >= 4 is 23.1 Å². The number of hydrogen-bond acceptors (Lipinski definition) is 4. The Morgan fingerprint density at radius 3 is 2.84 bits per heavy atom. The van der Waals surface area contributed by atoms with Crippen LogP contribution in [0.3, 0.4) is 0 Å². The zero-order chi connectivity index (χ0) is 17.2. The van der Waals surface area contributed by atoms with Gasteiger partial charge in [0.15, 0.2) is 5.65 Å². The number of aliphatic hydroxyl groups is 1. The van der Waals surface area contributed by atoms with Crippen molar-refractivity contribution in [2.45, 2.75) is 19.8 Å². The molecule has 1 aliphatic rings. The van der Waals surface area contributed by atoms with Gasteiger partial charge in [-0.1, -0.05) is 31.2 Å². The summed E-state index contributed by atoms with van der Waals surface area (Å²) in [5, 5.41) is 14.1. The quantitative estimate of drug-likeness (QED) is 0.753. The van der Waals surface area contributed by atoms with Crippen molar-refractivity contribution in [1.82, 2.24) is 14.6 Å². The van der Waals surface area contributed by atoms with E-state index in [4.69, 9.17) is 5.10 Å². The predicted octanol–water partition coefficient (Wildman–Crippen LogP) is 3.03. The normalized spacial score (nSPS) is 13.1. The number of nitrogens with zero attached hydrogens (tertiary/aromatic N) is 4. The van der Waals surface area contributed by atoms with E-state index in [9.17, 15) is 5.11 Å². The van der Waals surface area contributed by atoms with Crippen molar-refractivity contribution in [2.75, 3.05) is 24.6 Å². The molecule has 0 saturated heterocycles. The molecule has 3 aromatic rings. The fourth-order valence-corrected chi connectivity index (χ4v) is 3.43. The Balaban J connectivity index is 1.73. The first-order valence-electron chi connectivity index (χ1n) is 8.79. The monoisotopic (exact) mass is 334 g/mol. The molecule has 5 nitrogen and oxygen atoms in total. The Bertz CT molecular complexity index is 922. The minimum absolute atomic E-state index is 0.122. The zero-order valence-corrected chi connectivity index (χ0v) is 14.4. The molecule has 0 unspecified atom stereocenters. The summed E-state index contributed by atoms with van der Waals surface area (Å²) in [6.45, 7) is 3.71. The van der Waals surface area contributed by atoms with Gasteiger partial charge < -0.3 is 10.0 Å². The molecule has 0 saturated carbocycles. The first kappa shape index (κ1) is 15.8. The fourth-order valence-electron chi connectivity index (χ4n) is 3.43. The molecule has 1 N–H and O–H groups in total. The Morgan fingerprint density at radius 1 is 1.16 bits per heavy atom. The van der Waals surface area contributed by atoms with E-state index in [-0.39, 0.29) is 6.61 Å². The largest absolute Gasteiger partial charge is 0.395 e. The first-order chi connectivity index (χ1) is 12.3. The van der Waals surface area contributed by atoms with E-state index < -0.39 is 0 Å². The Morgan fingerprint density at radius 2 is 2.04 bits per heavy atom. The lowest BCUT2D eigenvalue weighted by atomic mass is 10.1. The Kier molecular flexibility index (Phi) is 4.24. The van der Waals surface area contributed by atoms with Crippen molar-refractivity contribution < 1.29 is 5.11 Å². The van der Waals surface area contributed by atoms with Crippen LogP contribution in [0.4, 0.5) is 5.82 Å². The Labute approximate surface area is 147 Å². The van der Waals surface area contributed by atoms with Gasteiger partial charge >= 0.3 is 0 Å². The number of aliphatic hydroxyl groups excluding tert-OH is 1. The molecule has 0 bridgehead atoms. The summed E-state index contributed by atoms with van der Waals surface area (Å²) in [4.78, 5) is 6.62. The van der Waals surface area contributed by atoms with Crippen LogP contribution in [0.5, 0.6) is 0 Å². The van der Waals surface area contributed by atoms with E-state index in [2.05, 4.69) is 47.1 Å². The number of rotatable bonds is 6. The molecule has 0 amide bonds. The van der Waals surface area contributed by atoms with E-state index in [1.54, 1.807) is 0 Å². The second-order valence-electron chi connectivity index (χ2n) is 6.36. The van der Waals surface area contributed by atoms with Gasteiger partial charge in [0.05, 0.1) is 18.5 Å². The summed E-state index contributed by atoms with van der Waals surface area (Å²) in [5.41, 5.74) is 5.74. The van der Waals surface area contributed by atoms with Gasteiger partial charge in [-0.15, -0.1) is 5.10 Å². The fraction of sp³-hybridized carbons (Fsp3) is 0.300. The molecule has 0 atom stereocenters. The minimum Gasteiger partial charge on any atom is -0.395 e. The highest BCUT2D eigenvalue weighted by Gasteiger charge is 2.18. The van der Waals surface area contributed by atoms with Crippen LogP contribution in [-0.4, -0.2) is 39.4 Å². The second-order valence-corrected chi connectivity index (χ2v) is 6.36. The molecule has 128 valence electrons. The molecule has 0 aliphatic heterocycles. The molecule has 0 spiro atoms. The molecule has 1 aromatic carbocycles. The van der Waals surface area contributed by atoms with Crippen molar-refractivity contribution in [1.29, 1.82) is 0 Å². The molecule has 25 heavy (non-hydrogen) atoms. The van der Waals surface area contributed by atoms with Crippen molar-refractivity contribution in [3.05, 3.63) is 59.4 Å². The summed E-state index contributed by atoms with van der Waals surface area (Å²) < 4.78 is 1.92. The number of hydrogen-bond donors (Lipinski definition) is 1. The second kappa shape index (κ2) is 6.69. The van der Waals surface area contributed by atoms with E-state index in [1.165, 1.54) is 16.7 Å².